The topological polar surface area (TPSA) is 121 Å². The first-order chi connectivity index (χ1) is 16.0. The molecule has 2 fully saturated rings. The number of thioether (sulfide) groups is 1. The van der Waals surface area contributed by atoms with Crippen LogP contribution in [0.1, 0.15) is 44.1 Å². The number of ether oxygens (including phenoxy) is 2. The lowest BCUT2D eigenvalue weighted by atomic mass is 9.97. The smallest absolute Gasteiger partial charge is 0.245 e. The van der Waals surface area contributed by atoms with Crippen molar-refractivity contribution >= 4 is 23.6 Å². The highest BCUT2D eigenvalue weighted by molar-refractivity contribution is 8.00. The molecule has 8 nitrogen and oxygen atoms in total. The molecular weight excluding hydrogens is 451 g/mol. The van der Waals surface area contributed by atoms with E-state index >= 15 is 0 Å². The second kappa shape index (κ2) is 11.1. The molecule has 1 saturated heterocycles. The van der Waals surface area contributed by atoms with Crippen molar-refractivity contribution in [3.63, 3.8) is 0 Å². The van der Waals surface area contributed by atoms with Gasteiger partial charge in [-0.3, -0.25) is 4.79 Å². The average Bonchev–Trinajstić information content (AvgIpc) is 2.84. The van der Waals surface area contributed by atoms with Gasteiger partial charge in [-0.2, -0.15) is 0 Å². The predicted octanol–water partition coefficient (Wildman–Crippen LogP) is 1.35. The predicted molar refractivity (Wildman–Crippen MR) is 121 cm³/mol. The normalized spacial score (nSPS) is 33.2. The minimum atomic E-state index is -1.33. The number of rotatable bonds is 6. The Morgan fingerprint density at radius 3 is 2.70 bits per heavy atom. The fourth-order valence-corrected chi connectivity index (χ4v) is 6.07. The number of hydrogen-bond acceptors (Lipinski definition) is 8. The summed E-state index contributed by atoms with van der Waals surface area (Å²) in [6, 6.07) is 4.16. The number of hydrogen-bond donors (Lipinski definition) is 4. The molecular formula is C23H31FN2O6S. The van der Waals surface area contributed by atoms with Crippen LogP contribution in [0.4, 0.5) is 4.39 Å². The van der Waals surface area contributed by atoms with Gasteiger partial charge < -0.3 is 30.1 Å². The average molecular weight is 483 g/mol. The second-order valence-corrected chi connectivity index (χ2v) is 10.1. The van der Waals surface area contributed by atoms with Crippen molar-refractivity contribution in [2.24, 2.45) is 4.99 Å². The highest BCUT2D eigenvalue weighted by Gasteiger charge is 2.46. The Morgan fingerprint density at radius 1 is 1.18 bits per heavy atom. The number of halogens is 1. The SMILES string of the molecule is O=C(N[C@@H]1[C@@H](O)[C@H](O)[C@@H](CO)O[C@@H]1SC1CCCCC1)[C@@H]1CCOC(c2cccc(F)c2)=N1. The number of carbonyl (C=O) groups excluding carboxylic acids is 1. The largest absolute Gasteiger partial charge is 0.477 e. The molecule has 2 aliphatic heterocycles. The number of amides is 1. The van der Waals surface area contributed by atoms with Crippen LogP contribution in [0.3, 0.4) is 0 Å². The zero-order chi connectivity index (χ0) is 23.4. The van der Waals surface area contributed by atoms with E-state index < -0.39 is 54.2 Å². The van der Waals surface area contributed by atoms with Crippen molar-refractivity contribution in [2.75, 3.05) is 13.2 Å². The summed E-state index contributed by atoms with van der Waals surface area (Å²) in [6.45, 7) is -0.186. The molecule has 3 aliphatic rings. The highest BCUT2D eigenvalue weighted by atomic mass is 32.2. The zero-order valence-corrected chi connectivity index (χ0v) is 19.1. The third-order valence-corrected chi connectivity index (χ3v) is 7.87. The van der Waals surface area contributed by atoms with Gasteiger partial charge in [0.25, 0.3) is 0 Å². The summed E-state index contributed by atoms with van der Waals surface area (Å²) in [6.07, 6.45) is 2.26. The summed E-state index contributed by atoms with van der Waals surface area (Å²) in [5.41, 5.74) is -0.167. The molecule has 1 aromatic rings. The van der Waals surface area contributed by atoms with Crippen LogP contribution in [0.25, 0.3) is 0 Å². The van der Waals surface area contributed by atoms with Crippen LogP contribution in [-0.2, 0) is 14.3 Å². The Morgan fingerprint density at radius 2 is 1.97 bits per heavy atom. The van der Waals surface area contributed by atoms with Gasteiger partial charge in [0, 0.05) is 17.2 Å². The Kier molecular flexibility index (Phi) is 8.24. The number of aliphatic hydroxyl groups excluding tert-OH is 3. The summed E-state index contributed by atoms with van der Waals surface area (Å²) in [4.78, 5) is 17.5. The Balaban J connectivity index is 1.48. The monoisotopic (exact) mass is 482 g/mol. The maximum atomic E-state index is 13.6. The number of nitrogens with one attached hydrogen (secondary N) is 1. The fourth-order valence-electron chi connectivity index (χ4n) is 4.48. The molecule has 4 N–H and O–H groups in total. The van der Waals surface area contributed by atoms with E-state index in [9.17, 15) is 24.5 Å². The zero-order valence-electron chi connectivity index (χ0n) is 18.3. The molecule has 10 heteroatoms. The molecule has 1 amide bonds. The minimum absolute atomic E-state index is 0.190. The van der Waals surface area contributed by atoms with Crippen molar-refractivity contribution in [1.82, 2.24) is 5.32 Å². The molecule has 1 saturated carbocycles. The number of benzene rings is 1. The lowest BCUT2D eigenvalue weighted by molar-refractivity contribution is -0.174. The first-order valence-electron chi connectivity index (χ1n) is 11.5. The van der Waals surface area contributed by atoms with Crippen LogP contribution in [0, 0.1) is 5.82 Å². The van der Waals surface area contributed by atoms with Gasteiger partial charge in [-0.1, -0.05) is 25.3 Å². The Bertz CT molecular complexity index is 852. The quantitative estimate of drug-likeness (QED) is 0.483. The number of aliphatic imine (C=N–C) groups is 1. The molecule has 1 aromatic carbocycles. The fraction of sp³-hybridized carbons (Fsp3) is 0.652. The van der Waals surface area contributed by atoms with Crippen LogP contribution in [0.5, 0.6) is 0 Å². The summed E-state index contributed by atoms with van der Waals surface area (Å²) in [5, 5.41) is 33.9. The molecule has 182 valence electrons. The van der Waals surface area contributed by atoms with Gasteiger partial charge in [0.05, 0.1) is 19.3 Å². The van der Waals surface area contributed by atoms with E-state index in [-0.39, 0.29) is 12.5 Å². The summed E-state index contributed by atoms with van der Waals surface area (Å²) >= 11 is 1.54. The lowest BCUT2D eigenvalue weighted by Crippen LogP contribution is -2.64. The van der Waals surface area contributed by atoms with E-state index in [0.29, 0.717) is 17.2 Å². The van der Waals surface area contributed by atoms with E-state index in [1.54, 1.807) is 23.9 Å². The molecule has 33 heavy (non-hydrogen) atoms. The van der Waals surface area contributed by atoms with Gasteiger partial charge >= 0.3 is 0 Å². The molecule has 0 bridgehead atoms. The van der Waals surface area contributed by atoms with Crippen molar-refractivity contribution in [2.45, 2.75) is 79.6 Å². The molecule has 2 heterocycles. The second-order valence-electron chi connectivity index (χ2n) is 8.73. The molecule has 0 radical (unpaired) electrons. The lowest BCUT2D eigenvalue weighted by Gasteiger charge is -2.44. The van der Waals surface area contributed by atoms with Gasteiger partial charge in [-0.25, -0.2) is 9.38 Å². The van der Waals surface area contributed by atoms with Crippen LogP contribution in [0.15, 0.2) is 29.3 Å². The van der Waals surface area contributed by atoms with Crippen molar-refractivity contribution in [3.8, 4) is 0 Å². The third-order valence-electron chi connectivity index (χ3n) is 6.35. The van der Waals surface area contributed by atoms with Gasteiger partial charge in [0.1, 0.15) is 35.6 Å². The van der Waals surface area contributed by atoms with E-state index in [1.807, 2.05) is 0 Å². The van der Waals surface area contributed by atoms with E-state index in [4.69, 9.17) is 9.47 Å². The molecule has 0 spiro atoms. The van der Waals surface area contributed by atoms with Gasteiger partial charge in [0.15, 0.2) is 0 Å². The maximum Gasteiger partial charge on any atom is 0.245 e. The molecule has 1 aliphatic carbocycles. The van der Waals surface area contributed by atoms with Crippen molar-refractivity contribution in [1.29, 1.82) is 0 Å². The standard InChI is InChI=1S/C23H31FN2O6S/c24-14-6-4-5-13(11-14)22-25-16(9-10-31-22)21(30)26-18-20(29)19(28)17(12-27)32-23(18)33-15-7-2-1-3-8-15/h4-6,11,15-20,23,27-29H,1-3,7-10,12H2,(H,26,30)/t16-,17+,18+,19+,20+,23+/m0/s1. The molecule has 0 unspecified atom stereocenters. The van der Waals surface area contributed by atoms with Crippen molar-refractivity contribution in [3.05, 3.63) is 35.6 Å². The Labute approximate surface area is 196 Å². The van der Waals surface area contributed by atoms with Crippen LogP contribution < -0.4 is 5.32 Å². The molecule has 4 rings (SSSR count). The first kappa shape index (κ1) is 24.4. The van der Waals surface area contributed by atoms with Crippen LogP contribution in [-0.4, -0.2) is 81.4 Å². The maximum absolute atomic E-state index is 13.6. The third kappa shape index (κ3) is 5.86. The molecule has 6 atom stereocenters. The first-order valence-corrected chi connectivity index (χ1v) is 12.5. The summed E-state index contributed by atoms with van der Waals surface area (Å²) in [7, 11) is 0. The van der Waals surface area contributed by atoms with Crippen LogP contribution >= 0.6 is 11.8 Å². The van der Waals surface area contributed by atoms with Gasteiger partial charge in [0.2, 0.25) is 11.8 Å². The highest BCUT2D eigenvalue weighted by Crippen LogP contribution is 2.37. The van der Waals surface area contributed by atoms with E-state index in [2.05, 4.69) is 10.3 Å². The van der Waals surface area contributed by atoms with Gasteiger partial charge in [-0.15, -0.1) is 11.8 Å². The minimum Gasteiger partial charge on any atom is -0.477 e. The molecule has 0 aromatic heterocycles. The van der Waals surface area contributed by atoms with E-state index in [1.165, 1.54) is 18.6 Å². The Hall–Kier alpha value is -1.72. The number of aliphatic hydroxyl groups is 3. The number of nitrogens with zero attached hydrogens (tertiary/aromatic N) is 1. The van der Waals surface area contributed by atoms with Crippen molar-refractivity contribution < 1.29 is 34.0 Å². The van der Waals surface area contributed by atoms with Gasteiger partial charge in [-0.05, 0) is 31.0 Å². The summed E-state index contributed by atoms with van der Waals surface area (Å²) in [5.74, 6) is -0.665. The van der Waals surface area contributed by atoms with E-state index in [0.717, 1.165) is 25.7 Å². The summed E-state index contributed by atoms with van der Waals surface area (Å²) < 4.78 is 25.0. The number of carbonyl (C=O) groups is 1. The van der Waals surface area contributed by atoms with Crippen LogP contribution in [0.2, 0.25) is 0 Å².